The highest BCUT2D eigenvalue weighted by molar-refractivity contribution is 5.95. The number of nitrogens with one attached hydrogen (secondary N) is 2. The second kappa shape index (κ2) is 21.5. The van der Waals surface area contributed by atoms with E-state index in [-0.39, 0.29) is 18.1 Å². The monoisotopic (exact) mass is 1220 g/mol. The summed E-state index contributed by atoms with van der Waals surface area (Å²) in [5, 5.41) is 17.6. The van der Waals surface area contributed by atoms with Gasteiger partial charge in [-0.15, -0.1) is 0 Å². The fourth-order valence-electron chi connectivity index (χ4n) is 20.9. The molecule has 3 saturated heterocycles. The molecule has 16 rings (SSSR count). The number of benzene rings is 3. The maximum Gasteiger partial charge on any atom is 0.411 e. The number of H-pyrrole nitrogens is 1. The molecule has 4 aromatic rings. The van der Waals surface area contributed by atoms with E-state index in [9.17, 15) is 19.5 Å². The van der Waals surface area contributed by atoms with Crippen LogP contribution in [0.3, 0.4) is 0 Å². The zero-order valence-corrected chi connectivity index (χ0v) is 52.6. The van der Waals surface area contributed by atoms with Crippen molar-refractivity contribution in [2.75, 3.05) is 71.3 Å². The number of anilines is 2. The maximum absolute atomic E-state index is 16.0. The standard InChI is InChI=1S/C70H87N5O14/c1-8-64(84-39-42-17-19-48(20-18-42)71-63(79)86-49-14-12-23-66(37-49)87-70(89-88-66)46-29-43-28-44(31-46)32-47(70)30-43)35-45-36-68(61(77)82-6,57-51(21-26-74(38-45)40-64)50-15-10-11-16-54(50)72-57)53-33-52-55(34-56(53)81-5)73(4)59-67(52)24-27-75-25-13-22-65(9-2,58(67)75)60(85-41(3)76)69(59,80)62(78)83-7/h10-11,13,15-20,22,33-34,43-47,49,58-60,72,80H,8-9,12,14,21,23-32,35-40H2,1-7H3,(H,71,79)/t43?,44?,45-,46?,47?,49?,58+,59-,60-,64+,65-,66-,67-,68+,69+,70?/m1/s1. The van der Waals surface area contributed by atoms with E-state index in [0.717, 1.165) is 89.3 Å². The first-order valence-corrected chi connectivity index (χ1v) is 33.0. The average Bonchev–Trinajstić information content (AvgIpc) is 1.53. The van der Waals surface area contributed by atoms with Crippen molar-refractivity contribution in [3.63, 3.8) is 0 Å². The van der Waals surface area contributed by atoms with Gasteiger partial charge in [-0.1, -0.05) is 56.3 Å². The molecule has 0 radical (unpaired) electrons. The number of esters is 3. The number of para-hydroxylation sites is 1. The SMILES string of the molecule is CC[C@]1(OCc2ccc(NC(=O)OC3CCC[C@]4(C3)OOC3(O4)C4CC5CC(C4)CC3C5)cc2)C[C@H]2CN(CCc3c([nH]c4ccccc34)[C@@](C(=O)OC)(c3cc4c(cc3OC)N(C)[C@H]3[C@@](O)(C(=O)OC)[C@H](OC(C)=O)[C@]5(CC)C=CCN6CC[C@]43[C@@H]65)C2)C1. The van der Waals surface area contributed by atoms with E-state index in [4.69, 9.17) is 42.9 Å². The number of methoxy groups -OCH3 is 3. The molecule has 6 bridgehead atoms. The second-order valence-corrected chi connectivity index (χ2v) is 28.6. The molecular formula is C70H87N5O14. The molecule has 1 aromatic heterocycles. The number of aromatic nitrogens is 1. The normalized spacial score (nSPS) is 39.5. The summed E-state index contributed by atoms with van der Waals surface area (Å²) in [6.07, 6.45) is 13.8. The lowest BCUT2D eigenvalue weighted by molar-refractivity contribution is -0.390. The van der Waals surface area contributed by atoms with Crippen LogP contribution in [0.15, 0.2) is 72.8 Å². The molecule has 19 heteroatoms. The van der Waals surface area contributed by atoms with Crippen LogP contribution in [0, 0.1) is 35.0 Å². The van der Waals surface area contributed by atoms with Crippen molar-refractivity contribution in [3.05, 3.63) is 101 Å². The number of hydrogen-bond donors (Lipinski definition) is 3. The van der Waals surface area contributed by atoms with E-state index < -0.39 is 75.2 Å². The Morgan fingerprint density at radius 2 is 1.58 bits per heavy atom. The third-order valence-corrected chi connectivity index (χ3v) is 24.2. The zero-order valence-electron chi connectivity index (χ0n) is 52.6. The lowest BCUT2D eigenvalue weighted by Gasteiger charge is -2.63. The molecule has 2 unspecified atom stereocenters. The van der Waals surface area contributed by atoms with E-state index in [1.807, 2.05) is 61.3 Å². The number of piperidine rings is 1. The first-order chi connectivity index (χ1) is 42.9. The van der Waals surface area contributed by atoms with Gasteiger partial charge in [0.15, 0.2) is 6.10 Å². The fourth-order valence-corrected chi connectivity index (χ4v) is 20.9. The molecule has 3 spiro atoms. The lowest BCUT2D eigenvalue weighted by atomic mass is 9.47. The smallest absolute Gasteiger partial charge is 0.411 e. The molecule has 12 aliphatic rings. The Labute approximate surface area is 520 Å². The topological polar surface area (TPSA) is 209 Å². The van der Waals surface area contributed by atoms with Crippen LogP contribution in [0.4, 0.5) is 16.2 Å². The molecule has 476 valence electrons. The summed E-state index contributed by atoms with van der Waals surface area (Å²) in [4.78, 5) is 80.7. The first kappa shape index (κ1) is 59.3. The number of nitrogens with zero attached hydrogens (tertiary/aromatic N) is 3. The average molecular weight is 1220 g/mol. The van der Waals surface area contributed by atoms with Gasteiger partial charge >= 0.3 is 24.0 Å². The predicted molar refractivity (Wildman–Crippen MR) is 328 cm³/mol. The van der Waals surface area contributed by atoms with Crippen LogP contribution in [0.1, 0.15) is 139 Å². The minimum absolute atomic E-state index is 0.108. The predicted octanol–water partition coefficient (Wildman–Crippen LogP) is 9.53. The molecule has 19 nitrogen and oxygen atoms in total. The highest BCUT2D eigenvalue weighted by Crippen LogP contribution is 2.69. The number of carbonyl (C=O) groups is 4. The summed E-state index contributed by atoms with van der Waals surface area (Å²) in [6, 6.07) is 18.8. The quantitative estimate of drug-likeness (QED) is 0.0522. The molecule has 6 aliphatic heterocycles. The van der Waals surface area contributed by atoms with E-state index in [1.165, 1.54) is 27.6 Å². The van der Waals surface area contributed by atoms with E-state index in [0.29, 0.717) is 120 Å². The summed E-state index contributed by atoms with van der Waals surface area (Å²) in [5.74, 6) is -0.926. The van der Waals surface area contributed by atoms with Crippen molar-refractivity contribution in [2.24, 2.45) is 35.0 Å². The fraction of sp³-hybridized carbons (Fsp3) is 0.629. The van der Waals surface area contributed by atoms with Crippen LogP contribution in [0.5, 0.6) is 5.75 Å². The summed E-state index contributed by atoms with van der Waals surface area (Å²) >= 11 is 0. The summed E-state index contributed by atoms with van der Waals surface area (Å²) in [5.41, 5.74) is 0.0278. The third kappa shape index (κ3) is 8.73. The Hall–Kier alpha value is -6.06. The molecule has 1 amide bonds. The van der Waals surface area contributed by atoms with Crippen molar-refractivity contribution in [1.82, 2.24) is 14.8 Å². The Morgan fingerprint density at radius 3 is 2.30 bits per heavy atom. The number of likely N-dealkylation sites (N-methyl/N-ethyl adjacent to an activating group) is 1. The van der Waals surface area contributed by atoms with E-state index in [1.54, 1.807) is 7.11 Å². The van der Waals surface area contributed by atoms with Gasteiger partial charge in [-0.2, -0.15) is 9.78 Å². The van der Waals surface area contributed by atoms with Gasteiger partial charge in [-0.3, -0.25) is 24.7 Å². The van der Waals surface area contributed by atoms with Gasteiger partial charge in [0.1, 0.15) is 17.3 Å². The van der Waals surface area contributed by atoms with Crippen molar-refractivity contribution in [2.45, 2.75) is 182 Å². The van der Waals surface area contributed by atoms with Crippen molar-refractivity contribution < 1.29 is 67.2 Å². The minimum atomic E-state index is -2.34. The van der Waals surface area contributed by atoms with Crippen LogP contribution in [0.2, 0.25) is 0 Å². The molecule has 6 saturated carbocycles. The van der Waals surface area contributed by atoms with Gasteiger partial charge in [0.2, 0.25) is 17.2 Å². The Bertz CT molecular complexity index is 3490. The number of fused-ring (bicyclic) bond motifs is 6. The van der Waals surface area contributed by atoms with Crippen LogP contribution < -0.4 is 15.0 Å². The van der Waals surface area contributed by atoms with Gasteiger partial charge in [0.05, 0.1) is 39.6 Å². The largest absolute Gasteiger partial charge is 0.496 e. The molecule has 7 heterocycles. The number of carbonyl (C=O) groups excluding carboxylic acids is 4. The number of rotatable bonds is 12. The van der Waals surface area contributed by atoms with Gasteiger partial charge in [-0.25, -0.2) is 9.59 Å². The van der Waals surface area contributed by atoms with Crippen molar-refractivity contribution in [1.29, 1.82) is 0 Å². The molecular weight excluding hydrogens is 1130 g/mol. The van der Waals surface area contributed by atoms with Crippen LogP contribution in [0.25, 0.3) is 10.9 Å². The first-order valence-electron chi connectivity index (χ1n) is 33.0. The van der Waals surface area contributed by atoms with Crippen molar-refractivity contribution in [3.8, 4) is 5.75 Å². The molecule has 6 aliphatic carbocycles. The number of hydrogen-bond acceptors (Lipinski definition) is 17. The van der Waals surface area contributed by atoms with Crippen LogP contribution in [-0.4, -0.2) is 152 Å². The summed E-state index contributed by atoms with van der Waals surface area (Å²) in [7, 11) is 6.22. The number of aromatic amines is 1. The number of ether oxygens (including phenoxy) is 7. The molecule has 89 heavy (non-hydrogen) atoms. The van der Waals surface area contributed by atoms with Gasteiger partial charge in [0, 0.05) is 121 Å². The number of amides is 1. The molecule has 12 atom stereocenters. The third-order valence-electron chi connectivity index (χ3n) is 24.2. The zero-order chi connectivity index (χ0) is 61.6. The Balaban J connectivity index is 0.726. The van der Waals surface area contributed by atoms with Gasteiger partial charge in [-0.05, 0) is 149 Å². The van der Waals surface area contributed by atoms with E-state index >= 15 is 4.79 Å². The van der Waals surface area contributed by atoms with Gasteiger partial charge in [0.25, 0.3) is 0 Å². The van der Waals surface area contributed by atoms with Crippen molar-refractivity contribution >= 4 is 46.3 Å². The molecule has 3 N–H and O–H groups in total. The number of aliphatic hydroxyl groups is 1. The highest BCUT2D eigenvalue weighted by atomic mass is 17.3. The molecule has 9 fully saturated rings. The Kier molecular flexibility index (Phi) is 14.3. The lowest BCUT2D eigenvalue weighted by Crippen LogP contribution is -2.81. The minimum Gasteiger partial charge on any atom is -0.496 e. The summed E-state index contributed by atoms with van der Waals surface area (Å²) < 4.78 is 44.8. The van der Waals surface area contributed by atoms with Crippen LogP contribution >= 0.6 is 0 Å². The van der Waals surface area contributed by atoms with Crippen LogP contribution in [-0.2, 0) is 76.4 Å². The summed E-state index contributed by atoms with van der Waals surface area (Å²) in [6.45, 7) is 9.19. The molecule has 3 aromatic carbocycles. The Morgan fingerprint density at radius 1 is 0.820 bits per heavy atom. The van der Waals surface area contributed by atoms with E-state index in [2.05, 4.69) is 57.4 Å². The highest BCUT2D eigenvalue weighted by Gasteiger charge is 2.80. The maximum atomic E-state index is 16.0. The van der Waals surface area contributed by atoms with Gasteiger partial charge < -0.3 is 48.1 Å². The second-order valence-electron chi connectivity index (χ2n) is 28.6.